The second kappa shape index (κ2) is 5.79. The maximum atomic E-state index is 2.63. The van der Waals surface area contributed by atoms with E-state index in [0.717, 1.165) is 5.92 Å². The summed E-state index contributed by atoms with van der Waals surface area (Å²) in [5.41, 5.74) is 7.62. The molecule has 0 N–H and O–H groups in total. The molecule has 0 saturated carbocycles. The van der Waals surface area contributed by atoms with Crippen LogP contribution in [0.3, 0.4) is 0 Å². The minimum absolute atomic E-state index is 0.593. The van der Waals surface area contributed by atoms with Crippen molar-refractivity contribution in [2.24, 2.45) is 5.92 Å². The molecule has 120 valence electrons. The van der Waals surface area contributed by atoms with E-state index in [1.807, 2.05) is 0 Å². The predicted molar refractivity (Wildman–Crippen MR) is 97.2 cm³/mol. The summed E-state index contributed by atoms with van der Waals surface area (Å²) in [7, 11) is 0. The highest BCUT2D eigenvalue weighted by Crippen LogP contribution is 2.53. The summed E-state index contributed by atoms with van der Waals surface area (Å²) >= 11 is 0. The van der Waals surface area contributed by atoms with E-state index in [9.17, 15) is 0 Å². The SMILES string of the molecule is CCN1CC[C@@H]2[C@@H](c3ccccc3C)c3cc(C)ccc3[C@@H]2C1. The number of likely N-dealkylation sites (N-methyl/N-ethyl adjacent to an activating group) is 1. The van der Waals surface area contributed by atoms with E-state index >= 15 is 0 Å². The molecule has 2 aromatic carbocycles. The molecule has 1 nitrogen and oxygen atoms in total. The zero-order chi connectivity index (χ0) is 16.0. The van der Waals surface area contributed by atoms with Gasteiger partial charge in [-0.1, -0.05) is 55.0 Å². The number of hydrogen-bond acceptors (Lipinski definition) is 1. The van der Waals surface area contributed by atoms with Crippen molar-refractivity contribution in [2.45, 2.75) is 39.0 Å². The van der Waals surface area contributed by atoms with Gasteiger partial charge in [-0.2, -0.15) is 0 Å². The van der Waals surface area contributed by atoms with Crippen molar-refractivity contribution in [1.29, 1.82) is 0 Å². The lowest BCUT2D eigenvalue weighted by Gasteiger charge is -2.37. The molecular weight excluding hydrogens is 278 g/mol. The van der Waals surface area contributed by atoms with E-state index in [-0.39, 0.29) is 0 Å². The van der Waals surface area contributed by atoms with Crippen molar-refractivity contribution >= 4 is 0 Å². The highest BCUT2D eigenvalue weighted by atomic mass is 15.1. The smallest absolute Gasteiger partial charge is 0.0130 e. The first-order valence-corrected chi connectivity index (χ1v) is 9.07. The Hall–Kier alpha value is -1.60. The van der Waals surface area contributed by atoms with Crippen LogP contribution in [0.1, 0.15) is 53.0 Å². The van der Waals surface area contributed by atoms with Crippen LogP contribution in [-0.4, -0.2) is 24.5 Å². The monoisotopic (exact) mass is 305 g/mol. The average Bonchev–Trinajstić information content (AvgIpc) is 2.88. The largest absolute Gasteiger partial charge is 0.303 e. The number of fused-ring (bicyclic) bond motifs is 3. The second-order valence-electron chi connectivity index (χ2n) is 7.42. The van der Waals surface area contributed by atoms with Crippen molar-refractivity contribution in [1.82, 2.24) is 4.90 Å². The number of nitrogens with zero attached hydrogens (tertiary/aromatic N) is 1. The molecule has 2 aliphatic rings. The zero-order valence-electron chi connectivity index (χ0n) is 14.5. The van der Waals surface area contributed by atoms with Crippen molar-refractivity contribution in [3.05, 3.63) is 70.3 Å². The van der Waals surface area contributed by atoms with Crippen molar-refractivity contribution in [2.75, 3.05) is 19.6 Å². The van der Waals surface area contributed by atoms with Crippen LogP contribution in [0.2, 0.25) is 0 Å². The summed E-state index contributed by atoms with van der Waals surface area (Å²) in [4.78, 5) is 2.63. The van der Waals surface area contributed by atoms with Gasteiger partial charge in [-0.3, -0.25) is 0 Å². The summed E-state index contributed by atoms with van der Waals surface area (Å²) in [6.07, 6.45) is 1.32. The Morgan fingerprint density at radius 2 is 1.83 bits per heavy atom. The predicted octanol–water partition coefficient (Wildman–Crippen LogP) is 4.87. The van der Waals surface area contributed by atoms with Crippen LogP contribution in [-0.2, 0) is 0 Å². The maximum absolute atomic E-state index is 2.63. The average molecular weight is 305 g/mol. The van der Waals surface area contributed by atoms with Gasteiger partial charge in [-0.15, -0.1) is 0 Å². The van der Waals surface area contributed by atoms with Crippen LogP contribution in [0, 0.1) is 19.8 Å². The Bertz CT molecular complexity index is 718. The molecule has 1 aliphatic heterocycles. The van der Waals surface area contributed by atoms with Gasteiger partial charge in [0, 0.05) is 18.4 Å². The lowest BCUT2D eigenvalue weighted by molar-refractivity contribution is 0.167. The quantitative estimate of drug-likeness (QED) is 0.765. The number of rotatable bonds is 2. The third kappa shape index (κ3) is 2.42. The molecule has 0 radical (unpaired) electrons. The number of piperidine rings is 1. The Morgan fingerprint density at radius 1 is 1.00 bits per heavy atom. The van der Waals surface area contributed by atoms with Crippen LogP contribution >= 0.6 is 0 Å². The van der Waals surface area contributed by atoms with Crippen LogP contribution < -0.4 is 0 Å². The molecule has 23 heavy (non-hydrogen) atoms. The molecule has 1 aliphatic carbocycles. The summed E-state index contributed by atoms with van der Waals surface area (Å²) in [6.45, 7) is 10.5. The molecule has 1 heteroatoms. The first-order valence-electron chi connectivity index (χ1n) is 9.07. The van der Waals surface area contributed by atoms with Crippen LogP contribution in [0.5, 0.6) is 0 Å². The molecule has 1 saturated heterocycles. The van der Waals surface area contributed by atoms with E-state index in [4.69, 9.17) is 0 Å². The Morgan fingerprint density at radius 3 is 2.61 bits per heavy atom. The van der Waals surface area contributed by atoms with Gasteiger partial charge in [0.05, 0.1) is 0 Å². The van der Waals surface area contributed by atoms with Gasteiger partial charge in [-0.05, 0) is 61.5 Å². The lowest BCUT2D eigenvalue weighted by atomic mass is 9.77. The zero-order valence-corrected chi connectivity index (χ0v) is 14.5. The van der Waals surface area contributed by atoms with Gasteiger partial charge < -0.3 is 4.90 Å². The summed E-state index contributed by atoms with van der Waals surface area (Å²) in [6, 6.07) is 16.2. The van der Waals surface area contributed by atoms with Gasteiger partial charge in [0.1, 0.15) is 0 Å². The summed E-state index contributed by atoms with van der Waals surface area (Å²) in [5.74, 6) is 2.08. The van der Waals surface area contributed by atoms with Crippen molar-refractivity contribution in [3.8, 4) is 0 Å². The summed E-state index contributed by atoms with van der Waals surface area (Å²) < 4.78 is 0. The first kappa shape index (κ1) is 15.0. The van der Waals surface area contributed by atoms with Gasteiger partial charge in [-0.25, -0.2) is 0 Å². The maximum Gasteiger partial charge on any atom is 0.0130 e. The van der Waals surface area contributed by atoms with E-state index in [2.05, 4.69) is 68.1 Å². The molecular formula is C22H27N. The van der Waals surface area contributed by atoms with Gasteiger partial charge >= 0.3 is 0 Å². The fourth-order valence-corrected chi connectivity index (χ4v) is 4.92. The number of benzene rings is 2. The lowest BCUT2D eigenvalue weighted by Crippen LogP contribution is -2.38. The van der Waals surface area contributed by atoms with E-state index < -0.39 is 0 Å². The highest BCUT2D eigenvalue weighted by molar-refractivity contribution is 5.50. The Labute approximate surface area is 140 Å². The number of aryl methyl sites for hydroxylation is 2. The Balaban J connectivity index is 1.84. The minimum Gasteiger partial charge on any atom is -0.303 e. The van der Waals surface area contributed by atoms with E-state index in [0.29, 0.717) is 11.8 Å². The van der Waals surface area contributed by atoms with Crippen LogP contribution in [0.25, 0.3) is 0 Å². The molecule has 0 bridgehead atoms. The molecule has 0 spiro atoms. The normalized spacial score (nSPS) is 26.8. The van der Waals surface area contributed by atoms with E-state index in [1.165, 1.54) is 37.2 Å². The van der Waals surface area contributed by atoms with Crippen molar-refractivity contribution < 1.29 is 0 Å². The summed E-state index contributed by atoms with van der Waals surface area (Å²) in [5, 5.41) is 0. The molecule has 2 aromatic rings. The standard InChI is InChI=1S/C22H27N/c1-4-23-12-11-19-21(14-23)18-10-9-15(2)13-20(18)22(19)17-8-6-5-7-16(17)3/h5-10,13,19,21-22H,4,11-12,14H2,1-3H3/t19-,21-,22+/m0/s1. The minimum atomic E-state index is 0.593. The van der Waals surface area contributed by atoms with Gasteiger partial charge in [0.25, 0.3) is 0 Å². The third-order valence-electron chi connectivity index (χ3n) is 6.13. The van der Waals surface area contributed by atoms with Crippen LogP contribution in [0.15, 0.2) is 42.5 Å². The topological polar surface area (TPSA) is 3.24 Å². The first-order chi connectivity index (χ1) is 11.2. The molecule has 1 fully saturated rings. The molecule has 1 heterocycles. The highest BCUT2D eigenvalue weighted by Gasteiger charge is 2.44. The van der Waals surface area contributed by atoms with E-state index in [1.54, 1.807) is 16.7 Å². The second-order valence-corrected chi connectivity index (χ2v) is 7.42. The molecule has 4 rings (SSSR count). The fraction of sp³-hybridized carbons (Fsp3) is 0.455. The van der Waals surface area contributed by atoms with Crippen LogP contribution in [0.4, 0.5) is 0 Å². The Kier molecular flexibility index (Phi) is 3.77. The number of hydrogen-bond donors (Lipinski definition) is 0. The number of likely N-dealkylation sites (tertiary alicyclic amines) is 1. The van der Waals surface area contributed by atoms with Crippen molar-refractivity contribution in [3.63, 3.8) is 0 Å². The third-order valence-corrected chi connectivity index (χ3v) is 6.13. The fourth-order valence-electron chi connectivity index (χ4n) is 4.92. The van der Waals surface area contributed by atoms with Gasteiger partial charge in [0.15, 0.2) is 0 Å². The molecule has 0 aromatic heterocycles. The molecule has 3 atom stereocenters. The van der Waals surface area contributed by atoms with Gasteiger partial charge in [0.2, 0.25) is 0 Å². The molecule has 0 unspecified atom stereocenters. The molecule has 0 amide bonds.